The molecule has 2 atom stereocenters. The van der Waals surface area contributed by atoms with Crippen LogP contribution in [-0.4, -0.2) is 42.2 Å². The molecule has 2 rings (SSSR count). The molecule has 0 saturated carbocycles. The number of nitrogens with zero attached hydrogens (tertiary/aromatic N) is 1. The van der Waals surface area contributed by atoms with Crippen molar-refractivity contribution in [3.8, 4) is 0 Å². The van der Waals surface area contributed by atoms with Crippen LogP contribution in [0.5, 0.6) is 0 Å². The van der Waals surface area contributed by atoms with Gasteiger partial charge in [0, 0.05) is 10.9 Å². The molecule has 1 aromatic heterocycles. The summed E-state index contributed by atoms with van der Waals surface area (Å²) in [5.41, 5.74) is 0. The van der Waals surface area contributed by atoms with Crippen LogP contribution in [0.4, 0.5) is 0 Å². The van der Waals surface area contributed by atoms with Crippen LogP contribution in [0.25, 0.3) is 0 Å². The summed E-state index contributed by atoms with van der Waals surface area (Å²) in [5, 5.41) is 15.6. The monoisotopic (exact) mass is 282 g/mol. The second-order valence-electron chi connectivity index (χ2n) is 5.46. The molecule has 0 amide bonds. The number of aliphatic hydroxyl groups excluding tert-OH is 1. The number of likely N-dealkylation sites (tertiary alicyclic amines) is 1. The molecule has 3 nitrogen and oxygen atoms in total. The second kappa shape index (κ2) is 8.00. The first-order chi connectivity index (χ1) is 9.27. The Hall–Kier alpha value is -0.420. The molecule has 0 spiro atoms. The van der Waals surface area contributed by atoms with Crippen molar-refractivity contribution in [1.82, 2.24) is 10.2 Å². The highest BCUT2D eigenvalue weighted by Crippen LogP contribution is 2.21. The van der Waals surface area contributed by atoms with Crippen LogP contribution in [0.2, 0.25) is 0 Å². The molecular formula is C15H26N2OS. The maximum atomic E-state index is 10.1. The minimum atomic E-state index is -0.376. The summed E-state index contributed by atoms with van der Waals surface area (Å²) in [7, 11) is 0. The lowest BCUT2D eigenvalue weighted by atomic mass is 10.1. The van der Waals surface area contributed by atoms with Gasteiger partial charge in [0.25, 0.3) is 0 Å². The average Bonchev–Trinajstić information content (AvgIpc) is 3.10. The smallest absolute Gasteiger partial charge is 0.103 e. The van der Waals surface area contributed by atoms with E-state index in [4.69, 9.17) is 0 Å². The van der Waals surface area contributed by atoms with Crippen molar-refractivity contribution in [3.63, 3.8) is 0 Å². The molecule has 4 heteroatoms. The van der Waals surface area contributed by atoms with Crippen LogP contribution in [0, 0.1) is 0 Å². The summed E-state index contributed by atoms with van der Waals surface area (Å²) in [6.07, 6.45) is 4.83. The maximum absolute atomic E-state index is 10.1. The highest BCUT2D eigenvalue weighted by atomic mass is 32.1. The summed E-state index contributed by atoms with van der Waals surface area (Å²) in [5.74, 6) is 0. The summed E-state index contributed by atoms with van der Waals surface area (Å²) in [4.78, 5) is 3.61. The fraction of sp³-hybridized carbons (Fsp3) is 0.733. The zero-order chi connectivity index (χ0) is 13.5. The maximum Gasteiger partial charge on any atom is 0.103 e. The van der Waals surface area contributed by atoms with Gasteiger partial charge in [-0.1, -0.05) is 6.07 Å². The van der Waals surface area contributed by atoms with Gasteiger partial charge in [-0.2, -0.15) is 0 Å². The van der Waals surface area contributed by atoms with Crippen molar-refractivity contribution < 1.29 is 5.11 Å². The Bertz CT molecular complexity index is 336. The number of hydrogen-bond acceptors (Lipinski definition) is 4. The number of unbranched alkanes of at least 4 members (excludes halogenated alkanes) is 1. The third-order valence-corrected chi connectivity index (χ3v) is 4.82. The van der Waals surface area contributed by atoms with E-state index in [0.717, 1.165) is 11.4 Å². The van der Waals surface area contributed by atoms with Crippen molar-refractivity contribution in [3.05, 3.63) is 22.4 Å². The molecule has 2 N–H and O–H groups in total. The Balaban J connectivity index is 1.54. The summed E-state index contributed by atoms with van der Waals surface area (Å²) in [6, 6.07) is 4.12. The number of thiophene rings is 1. The van der Waals surface area contributed by atoms with E-state index < -0.39 is 0 Å². The van der Waals surface area contributed by atoms with E-state index in [1.165, 1.54) is 45.3 Å². The molecular weight excluding hydrogens is 256 g/mol. The predicted octanol–water partition coefficient (Wildman–Crippen LogP) is 2.64. The lowest BCUT2D eigenvalue weighted by Gasteiger charge is -2.20. The molecule has 0 aliphatic carbocycles. The first-order valence-corrected chi connectivity index (χ1v) is 8.32. The van der Waals surface area contributed by atoms with Crippen molar-refractivity contribution in [2.45, 2.75) is 44.8 Å². The third-order valence-electron chi connectivity index (χ3n) is 3.87. The Morgan fingerprint density at radius 2 is 2.16 bits per heavy atom. The minimum absolute atomic E-state index is 0.130. The lowest BCUT2D eigenvalue weighted by Crippen LogP contribution is -2.33. The molecule has 1 aliphatic rings. The van der Waals surface area contributed by atoms with Crippen LogP contribution in [-0.2, 0) is 0 Å². The van der Waals surface area contributed by atoms with Crippen LogP contribution in [0.1, 0.15) is 43.6 Å². The molecule has 0 bridgehead atoms. The Labute approximate surface area is 120 Å². The average molecular weight is 282 g/mol. The van der Waals surface area contributed by atoms with E-state index in [1.807, 2.05) is 17.5 Å². The zero-order valence-electron chi connectivity index (χ0n) is 11.8. The molecule has 1 saturated heterocycles. The molecule has 0 radical (unpaired) electrons. The zero-order valence-corrected chi connectivity index (χ0v) is 12.7. The topological polar surface area (TPSA) is 35.5 Å². The van der Waals surface area contributed by atoms with E-state index in [1.54, 1.807) is 11.3 Å². The van der Waals surface area contributed by atoms with Gasteiger partial charge in [0.15, 0.2) is 0 Å². The van der Waals surface area contributed by atoms with Crippen molar-refractivity contribution in [2.75, 3.05) is 26.2 Å². The predicted molar refractivity (Wildman–Crippen MR) is 81.7 cm³/mol. The van der Waals surface area contributed by atoms with E-state index >= 15 is 0 Å². The normalized spacial score (nSPS) is 19.7. The molecule has 0 aromatic carbocycles. The quantitative estimate of drug-likeness (QED) is 0.720. The Kier molecular flexibility index (Phi) is 6.31. The van der Waals surface area contributed by atoms with Crippen LogP contribution >= 0.6 is 11.3 Å². The standard InChI is InChI=1S/C15H26N2OS/c1-13(15(18)14-7-6-12-19-14)16-8-2-3-9-17-10-4-5-11-17/h6-7,12-13,15-16,18H,2-5,8-11H2,1H3. The van der Waals surface area contributed by atoms with Crippen LogP contribution in [0.3, 0.4) is 0 Å². The largest absolute Gasteiger partial charge is 0.386 e. The van der Waals surface area contributed by atoms with E-state index in [2.05, 4.69) is 17.1 Å². The summed E-state index contributed by atoms with van der Waals surface area (Å²) >= 11 is 1.62. The lowest BCUT2D eigenvalue weighted by molar-refractivity contribution is 0.139. The first-order valence-electron chi connectivity index (χ1n) is 7.44. The highest BCUT2D eigenvalue weighted by Gasteiger charge is 2.16. The number of rotatable bonds is 8. The number of hydrogen-bond donors (Lipinski definition) is 2. The van der Waals surface area contributed by atoms with Gasteiger partial charge in [0.1, 0.15) is 6.10 Å². The highest BCUT2D eigenvalue weighted by molar-refractivity contribution is 7.10. The number of aliphatic hydroxyl groups is 1. The van der Waals surface area contributed by atoms with Gasteiger partial charge in [0.05, 0.1) is 0 Å². The SMILES string of the molecule is CC(NCCCCN1CCCC1)C(O)c1cccs1. The van der Waals surface area contributed by atoms with Gasteiger partial charge in [-0.15, -0.1) is 11.3 Å². The van der Waals surface area contributed by atoms with Gasteiger partial charge in [-0.3, -0.25) is 0 Å². The molecule has 1 aliphatic heterocycles. The fourth-order valence-corrected chi connectivity index (χ4v) is 3.43. The van der Waals surface area contributed by atoms with Crippen LogP contribution < -0.4 is 5.32 Å². The Morgan fingerprint density at radius 1 is 1.37 bits per heavy atom. The first kappa shape index (κ1) is 15.0. The summed E-state index contributed by atoms with van der Waals surface area (Å²) < 4.78 is 0. The minimum Gasteiger partial charge on any atom is -0.386 e. The molecule has 1 aromatic rings. The van der Waals surface area contributed by atoms with Crippen molar-refractivity contribution in [1.29, 1.82) is 0 Å². The van der Waals surface area contributed by atoms with Gasteiger partial charge < -0.3 is 15.3 Å². The fourth-order valence-electron chi connectivity index (χ4n) is 2.61. The molecule has 1 fully saturated rings. The number of nitrogens with one attached hydrogen (secondary N) is 1. The molecule has 19 heavy (non-hydrogen) atoms. The molecule has 2 heterocycles. The van der Waals surface area contributed by atoms with Gasteiger partial charge >= 0.3 is 0 Å². The van der Waals surface area contributed by atoms with E-state index in [0.29, 0.717) is 0 Å². The van der Waals surface area contributed by atoms with Gasteiger partial charge in [0.2, 0.25) is 0 Å². The van der Waals surface area contributed by atoms with E-state index in [-0.39, 0.29) is 12.1 Å². The molecule has 2 unspecified atom stereocenters. The summed E-state index contributed by atoms with van der Waals surface area (Å²) in [6.45, 7) is 6.88. The van der Waals surface area contributed by atoms with Crippen molar-refractivity contribution >= 4 is 11.3 Å². The van der Waals surface area contributed by atoms with Crippen molar-refractivity contribution in [2.24, 2.45) is 0 Å². The van der Waals surface area contributed by atoms with Gasteiger partial charge in [-0.05, 0) is 70.2 Å². The van der Waals surface area contributed by atoms with Gasteiger partial charge in [-0.25, -0.2) is 0 Å². The Morgan fingerprint density at radius 3 is 2.84 bits per heavy atom. The van der Waals surface area contributed by atoms with Crippen LogP contribution in [0.15, 0.2) is 17.5 Å². The van der Waals surface area contributed by atoms with E-state index in [9.17, 15) is 5.11 Å². The third kappa shape index (κ3) is 4.88. The molecule has 108 valence electrons. The second-order valence-corrected chi connectivity index (χ2v) is 6.44.